The van der Waals surface area contributed by atoms with Crippen LogP contribution < -0.4 is 4.74 Å². The molecule has 0 unspecified atom stereocenters. The molecule has 0 aliphatic carbocycles. The first-order valence-corrected chi connectivity index (χ1v) is 8.83. The number of aryl methyl sites for hydroxylation is 2. The molecule has 0 saturated carbocycles. The molecule has 3 rings (SSSR count). The molecule has 0 bridgehead atoms. The van der Waals surface area contributed by atoms with Crippen LogP contribution in [0.15, 0.2) is 48.5 Å². The van der Waals surface area contributed by atoms with Crippen LogP contribution in [0.4, 0.5) is 0 Å². The molecule has 0 radical (unpaired) electrons. The number of hydrogen-bond donors (Lipinski definition) is 0. The van der Waals surface area contributed by atoms with Crippen molar-refractivity contribution in [3.8, 4) is 5.75 Å². The Morgan fingerprint density at radius 1 is 1.12 bits per heavy atom. The van der Waals surface area contributed by atoms with Crippen molar-refractivity contribution in [3.05, 3.63) is 70.4 Å². The lowest BCUT2D eigenvalue weighted by atomic mass is 10.1. The summed E-state index contributed by atoms with van der Waals surface area (Å²) in [5.74, 6) is 0.721. The smallest absolute Gasteiger partial charge is 0.255 e. The van der Waals surface area contributed by atoms with E-state index in [4.69, 9.17) is 16.3 Å². The molecular weight excluding hydrogens is 348 g/mol. The topological polar surface area (TPSA) is 42.4 Å². The van der Waals surface area contributed by atoms with Gasteiger partial charge in [0.15, 0.2) is 0 Å². The molecule has 3 aromatic rings. The Morgan fingerprint density at radius 3 is 2.58 bits per heavy atom. The summed E-state index contributed by atoms with van der Waals surface area (Å²) in [7, 11) is 1.77. The molecule has 0 saturated heterocycles. The van der Waals surface area contributed by atoms with Gasteiger partial charge in [0.05, 0.1) is 23.3 Å². The minimum absolute atomic E-state index is 0.0793. The summed E-state index contributed by atoms with van der Waals surface area (Å²) in [5, 5.41) is 1.48. The summed E-state index contributed by atoms with van der Waals surface area (Å²) in [6, 6.07) is 15.2. The monoisotopic (exact) mass is 368 g/mol. The third-order valence-corrected chi connectivity index (χ3v) is 4.50. The Hall–Kier alpha value is -2.59. The molecule has 4 nitrogen and oxygen atoms in total. The van der Waals surface area contributed by atoms with Gasteiger partial charge in [0.1, 0.15) is 12.4 Å². The fourth-order valence-electron chi connectivity index (χ4n) is 2.70. The highest BCUT2D eigenvalue weighted by atomic mass is 35.5. The van der Waals surface area contributed by atoms with Crippen molar-refractivity contribution in [2.75, 3.05) is 20.2 Å². The van der Waals surface area contributed by atoms with Crippen molar-refractivity contribution in [2.45, 2.75) is 13.8 Å². The van der Waals surface area contributed by atoms with Crippen molar-refractivity contribution < 1.29 is 9.53 Å². The molecule has 0 spiro atoms. The maximum absolute atomic E-state index is 12.8. The lowest BCUT2D eigenvalue weighted by Gasteiger charge is -2.19. The van der Waals surface area contributed by atoms with E-state index in [-0.39, 0.29) is 5.91 Å². The first-order chi connectivity index (χ1) is 12.4. The van der Waals surface area contributed by atoms with Crippen LogP contribution in [0.25, 0.3) is 10.9 Å². The molecule has 0 aliphatic rings. The number of carbonyl (C=O) groups is 1. The molecule has 1 heterocycles. The number of ether oxygens (including phenoxy) is 1. The van der Waals surface area contributed by atoms with Crippen LogP contribution in [0.1, 0.15) is 21.6 Å². The summed E-state index contributed by atoms with van der Waals surface area (Å²) in [6.07, 6.45) is 0. The second-order valence-corrected chi connectivity index (χ2v) is 6.78. The highest BCUT2D eigenvalue weighted by Crippen LogP contribution is 2.21. The number of aromatic nitrogens is 1. The number of carbonyl (C=O) groups excluding carboxylic acids is 1. The van der Waals surface area contributed by atoms with Crippen LogP contribution >= 0.6 is 11.6 Å². The summed E-state index contributed by atoms with van der Waals surface area (Å²) >= 11 is 6.05. The van der Waals surface area contributed by atoms with Gasteiger partial charge in [-0.1, -0.05) is 29.3 Å². The quantitative estimate of drug-likeness (QED) is 0.658. The van der Waals surface area contributed by atoms with Gasteiger partial charge < -0.3 is 9.64 Å². The van der Waals surface area contributed by atoms with E-state index >= 15 is 0 Å². The van der Waals surface area contributed by atoms with Crippen molar-refractivity contribution >= 4 is 28.4 Å². The van der Waals surface area contributed by atoms with Gasteiger partial charge in [-0.2, -0.15) is 0 Å². The SMILES string of the molecule is Cc1ccc(OCCN(C)C(=O)c2cc3cc(Cl)ccc3nc2C)cc1. The molecule has 0 fully saturated rings. The predicted octanol–water partition coefficient (Wildman–Crippen LogP) is 4.66. The fourth-order valence-corrected chi connectivity index (χ4v) is 2.88. The number of nitrogens with zero attached hydrogens (tertiary/aromatic N) is 2. The standard InChI is InChI=1S/C21H21ClN2O2/c1-14-4-7-18(8-5-14)26-11-10-24(3)21(25)19-13-16-12-17(22)6-9-20(16)23-15(19)2/h4-9,12-13H,10-11H2,1-3H3. The van der Waals surface area contributed by atoms with Crippen LogP contribution in [0.5, 0.6) is 5.75 Å². The number of amides is 1. The number of pyridine rings is 1. The number of benzene rings is 2. The summed E-state index contributed by atoms with van der Waals surface area (Å²) in [4.78, 5) is 18.9. The van der Waals surface area contributed by atoms with E-state index in [0.29, 0.717) is 29.4 Å². The van der Waals surface area contributed by atoms with E-state index in [1.165, 1.54) is 5.56 Å². The van der Waals surface area contributed by atoms with Gasteiger partial charge in [-0.05, 0) is 50.2 Å². The molecule has 1 aromatic heterocycles. The Kier molecular flexibility index (Phi) is 5.43. The van der Waals surface area contributed by atoms with Gasteiger partial charge in [-0.25, -0.2) is 0 Å². The Morgan fingerprint density at radius 2 is 1.85 bits per heavy atom. The number of rotatable bonds is 5. The predicted molar refractivity (Wildman–Crippen MR) is 105 cm³/mol. The normalized spacial score (nSPS) is 10.8. The molecule has 134 valence electrons. The second kappa shape index (κ2) is 7.75. The fraction of sp³-hybridized carbons (Fsp3) is 0.238. The highest BCUT2D eigenvalue weighted by molar-refractivity contribution is 6.31. The van der Waals surface area contributed by atoms with E-state index < -0.39 is 0 Å². The lowest BCUT2D eigenvalue weighted by molar-refractivity contribution is 0.0773. The van der Waals surface area contributed by atoms with E-state index in [0.717, 1.165) is 16.7 Å². The van der Waals surface area contributed by atoms with Crippen molar-refractivity contribution in [1.29, 1.82) is 0 Å². The highest BCUT2D eigenvalue weighted by Gasteiger charge is 2.16. The molecule has 0 aliphatic heterocycles. The van der Waals surface area contributed by atoms with Crippen LogP contribution in [-0.4, -0.2) is 36.0 Å². The lowest BCUT2D eigenvalue weighted by Crippen LogP contribution is -2.31. The first kappa shape index (κ1) is 18.2. The van der Waals surface area contributed by atoms with Crippen LogP contribution in [-0.2, 0) is 0 Å². The molecule has 26 heavy (non-hydrogen) atoms. The Balaban J connectivity index is 1.68. The zero-order valence-corrected chi connectivity index (χ0v) is 15.9. The van der Waals surface area contributed by atoms with Crippen molar-refractivity contribution in [1.82, 2.24) is 9.88 Å². The zero-order chi connectivity index (χ0) is 18.7. The molecule has 0 N–H and O–H groups in total. The Bertz CT molecular complexity index is 939. The maximum Gasteiger partial charge on any atom is 0.255 e. The average molecular weight is 369 g/mol. The van der Waals surface area contributed by atoms with E-state index in [2.05, 4.69) is 4.98 Å². The van der Waals surface area contributed by atoms with Crippen LogP contribution in [0, 0.1) is 13.8 Å². The summed E-state index contributed by atoms with van der Waals surface area (Å²) < 4.78 is 5.71. The second-order valence-electron chi connectivity index (χ2n) is 6.35. The molecule has 0 atom stereocenters. The summed E-state index contributed by atoms with van der Waals surface area (Å²) in [6.45, 7) is 4.79. The molecule has 2 aromatic carbocycles. The maximum atomic E-state index is 12.8. The zero-order valence-electron chi connectivity index (χ0n) is 15.1. The molecule has 5 heteroatoms. The largest absolute Gasteiger partial charge is 0.492 e. The number of hydrogen-bond acceptors (Lipinski definition) is 3. The van der Waals surface area contributed by atoms with Gasteiger partial charge in [0.2, 0.25) is 0 Å². The van der Waals surface area contributed by atoms with Gasteiger partial charge in [0, 0.05) is 17.5 Å². The Labute approximate surface area is 158 Å². The van der Waals surface area contributed by atoms with Gasteiger partial charge in [-0.3, -0.25) is 9.78 Å². The van der Waals surface area contributed by atoms with Gasteiger partial charge >= 0.3 is 0 Å². The van der Waals surface area contributed by atoms with Crippen molar-refractivity contribution in [3.63, 3.8) is 0 Å². The summed E-state index contributed by atoms with van der Waals surface area (Å²) in [5.41, 5.74) is 3.30. The average Bonchev–Trinajstić information content (AvgIpc) is 2.62. The minimum Gasteiger partial charge on any atom is -0.492 e. The van der Waals surface area contributed by atoms with E-state index in [1.807, 2.05) is 56.3 Å². The third kappa shape index (κ3) is 4.14. The number of likely N-dealkylation sites (N-methyl/N-ethyl adjacent to an activating group) is 1. The van der Waals surface area contributed by atoms with Gasteiger partial charge in [-0.15, -0.1) is 0 Å². The number of halogens is 1. The van der Waals surface area contributed by atoms with E-state index in [9.17, 15) is 4.79 Å². The molecule has 1 amide bonds. The van der Waals surface area contributed by atoms with Crippen LogP contribution in [0.3, 0.4) is 0 Å². The van der Waals surface area contributed by atoms with Crippen LogP contribution in [0.2, 0.25) is 5.02 Å². The van der Waals surface area contributed by atoms with Crippen molar-refractivity contribution in [2.24, 2.45) is 0 Å². The van der Waals surface area contributed by atoms with Gasteiger partial charge in [0.25, 0.3) is 5.91 Å². The third-order valence-electron chi connectivity index (χ3n) is 4.26. The first-order valence-electron chi connectivity index (χ1n) is 8.46. The minimum atomic E-state index is -0.0793. The van der Waals surface area contributed by atoms with E-state index in [1.54, 1.807) is 18.0 Å². The molecular formula is C21H21ClN2O2. The number of fused-ring (bicyclic) bond motifs is 1.